The summed E-state index contributed by atoms with van der Waals surface area (Å²) in [5.41, 5.74) is 2.05. The largest absolute Gasteiger partial charge is 0.491 e. The number of benzene rings is 3. The van der Waals surface area contributed by atoms with Crippen molar-refractivity contribution in [1.82, 2.24) is 14.8 Å². The lowest BCUT2D eigenvalue weighted by Crippen LogP contribution is -2.03. The van der Waals surface area contributed by atoms with E-state index in [2.05, 4.69) is 26.9 Å². The number of hydrogen-bond donors (Lipinski definition) is 0. The zero-order valence-electron chi connectivity index (χ0n) is 15.0. The molecule has 0 aliphatic heterocycles. The Kier molecular flexibility index (Phi) is 5.95. The second kappa shape index (κ2) is 8.95. The van der Waals surface area contributed by atoms with Crippen molar-refractivity contribution in [3.05, 3.63) is 90.0 Å². The molecule has 140 valence electrons. The Hall–Kier alpha value is -2.76. The van der Waals surface area contributed by atoms with E-state index in [0.717, 1.165) is 28.0 Å². The van der Waals surface area contributed by atoms with Crippen LogP contribution in [0.2, 0.25) is 5.02 Å². The van der Waals surface area contributed by atoms with Gasteiger partial charge >= 0.3 is 0 Å². The van der Waals surface area contributed by atoms with Crippen molar-refractivity contribution in [2.75, 3.05) is 12.4 Å². The Bertz CT molecular complexity index is 1040. The van der Waals surface area contributed by atoms with Crippen molar-refractivity contribution in [1.29, 1.82) is 0 Å². The van der Waals surface area contributed by atoms with E-state index in [9.17, 15) is 0 Å². The first-order chi connectivity index (χ1) is 13.8. The lowest BCUT2D eigenvalue weighted by atomic mass is 10.2. The smallest absolute Gasteiger partial charge is 0.196 e. The summed E-state index contributed by atoms with van der Waals surface area (Å²) < 4.78 is 7.86. The van der Waals surface area contributed by atoms with Crippen LogP contribution in [0.3, 0.4) is 0 Å². The summed E-state index contributed by atoms with van der Waals surface area (Å²) in [6.07, 6.45) is 0. The summed E-state index contributed by atoms with van der Waals surface area (Å²) >= 11 is 7.74. The molecular weight excluding hydrogens is 390 g/mol. The predicted molar refractivity (Wildman–Crippen MR) is 114 cm³/mol. The van der Waals surface area contributed by atoms with Gasteiger partial charge in [0.25, 0.3) is 0 Å². The highest BCUT2D eigenvalue weighted by atomic mass is 35.5. The van der Waals surface area contributed by atoms with Gasteiger partial charge in [-0.3, -0.25) is 4.57 Å². The highest BCUT2D eigenvalue weighted by molar-refractivity contribution is 7.99. The minimum Gasteiger partial charge on any atom is -0.491 e. The van der Waals surface area contributed by atoms with Crippen LogP contribution in [0.4, 0.5) is 0 Å². The topological polar surface area (TPSA) is 39.9 Å². The Morgan fingerprint density at radius 2 is 1.50 bits per heavy atom. The van der Waals surface area contributed by atoms with Gasteiger partial charge in [-0.2, -0.15) is 0 Å². The first-order valence-electron chi connectivity index (χ1n) is 8.89. The summed E-state index contributed by atoms with van der Waals surface area (Å²) in [4.78, 5) is 0. The maximum atomic E-state index is 6.14. The second-order valence-electron chi connectivity index (χ2n) is 5.97. The van der Waals surface area contributed by atoms with Gasteiger partial charge in [0, 0.05) is 17.0 Å². The summed E-state index contributed by atoms with van der Waals surface area (Å²) in [5, 5.41) is 10.3. The van der Waals surface area contributed by atoms with Crippen molar-refractivity contribution in [2.24, 2.45) is 0 Å². The predicted octanol–water partition coefficient (Wildman–Crippen LogP) is 5.76. The zero-order valence-corrected chi connectivity index (χ0v) is 16.6. The van der Waals surface area contributed by atoms with Crippen molar-refractivity contribution >= 4 is 23.4 Å². The Morgan fingerprint density at radius 1 is 0.821 bits per heavy atom. The van der Waals surface area contributed by atoms with Gasteiger partial charge in [0.05, 0.1) is 11.6 Å². The Labute approximate surface area is 173 Å². The fourth-order valence-corrected chi connectivity index (χ4v) is 3.75. The highest BCUT2D eigenvalue weighted by Gasteiger charge is 2.15. The molecule has 1 aromatic heterocycles. The molecule has 0 bridgehead atoms. The minimum absolute atomic E-state index is 0.525. The molecule has 0 fully saturated rings. The number of nitrogens with zero attached hydrogens (tertiary/aromatic N) is 3. The third-order valence-corrected chi connectivity index (χ3v) is 5.29. The van der Waals surface area contributed by atoms with Crippen LogP contribution >= 0.6 is 23.4 Å². The van der Waals surface area contributed by atoms with Crippen molar-refractivity contribution in [3.8, 4) is 22.8 Å². The van der Waals surface area contributed by atoms with E-state index in [1.165, 1.54) is 0 Å². The number of ether oxygens (including phenoxy) is 1. The van der Waals surface area contributed by atoms with Crippen LogP contribution in [0.25, 0.3) is 17.1 Å². The van der Waals surface area contributed by atoms with Gasteiger partial charge in [-0.25, -0.2) is 0 Å². The van der Waals surface area contributed by atoms with Gasteiger partial charge in [0.2, 0.25) is 0 Å². The Balaban J connectivity index is 1.54. The van der Waals surface area contributed by atoms with Crippen LogP contribution < -0.4 is 4.74 Å². The van der Waals surface area contributed by atoms with Crippen LogP contribution in [-0.4, -0.2) is 27.1 Å². The third-order valence-electron chi connectivity index (χ3n) is 4.09. The number of halogens is 1. The SMILES string of the molecule is Clc1ccccc1OCCSc1nnc(-c2ccccc2)n1-c1ccccc1. The van der Waals surface area contributed by atoms with Crippen LogP contribution in [0, 0.1) is 0 Å². The van der Waals surface area contributed by atoms with E-state index >= 15 is 0 Å². The van der Waals surface area contributed by atoms with Gasteiger partial charge in [0.1, 0.15) is 5.75 Å². The van der Waals surface area contributed by atoms with Crippen LogP contribution in [0.15, 0.2) is 90.1 Å². The molecule has 0 saturated heterocycles. The molecule has 28 heavy (non-hydrogen) atoms. The lowest BCUT2D eigenvalue weighted by molar-refractivity contribution is 0.344. The molecule has 1 heterocycles. The van der Waals surface area contributed by atoms with Gasteiger partial charge < -0.3 is 4.74 Å². The maximum absolute atomic E-state index is 6.14. The van der Waals surface area contributed by atoms with E-state index in [-0.39, 0.29) is 0 Å². The quantitative estimate of drug-likeness (QED) is 0.288. The summed E-state index contributed by atoms with van der Waals surface area (Å²) in [7, 11) is 0. The lowest BCUT2D eigenvalue weighted by Gasteiger charge is -2.11. The molecule has 0 atom stereocenters. The molecule has 0 amide bonds. The molecule has 4 rings (SSSR count). The van der Waals surface area contributed by atoms with E-state index in [4.69, 9.17) is 16.3 Å². The fraction of sp³-hybridized carbons (Fsp3) is 0.0909. The van der Waals surface area contributed by atoms with Crippen LogP contribution in [0.5, 0.6) is 5.75 Å². The molecule has 4 aromatic rings. The maximum Gasteiger partial charge on any atom is 0.196 e. The molecule has 0 spiro atoms. The van der Waals surface area contributed by atoms with Gasteiger partial charge in [-0.15, -0.1) is 10.2 Å². The number of hydrogen-bond acceptors (Lipinski definition) is 4. The van der Waals surface area contributed by atoms with Crippen molar-refractivity contribution in [2.45, 2.75) is 5.16 Å². The van der Waals surface area contributed by atoms with Crippen molar-refractivity contribution < 1.29 is 4.74 Å². The number of thioether (sulfide) groups is 1. The fourth-order valence-electron chi connectivity index (χ4n) is 2.79. The average molecular weight is 408 g/mol. The number of para-hydroxylation sites is 2. The summed E-state index contributed by atoms with van der Waals surface area (Å²) in [6.45, 7) is 0.525. The highest BCUT2D eigenvalue weighted by Crippen LogP contribution is 2.28. The zero-order chi connectivity index (χ0) is 19.2. The first kappa shape index (κ1) is 18.6. The number of rotatable bonds is 7. The summed E-state index contributed by atoms with van der Waals surface area (Å²) in [5.74, 6) is 2.24. The van der Waals surface area contributed by atoms with E-state index in [0.29, 0.717) is 17.4 Å². The van der Waals surface area contributed by atoms with E-state index < -0.39 is 0 Å². The molecule has 4 nitrogen and oxygen atoms in total. The molecular formula is C22H18ClN3OS. The number of aromatic nitrogens is 3. The second-order valence-corrected chi connectivity index (χ2v) is 7.44. The molecule has 0 saturated carbocycles. The average Bonchev–Trinajstić information content (AvgIpc) is 3.17. The van der Waals surface area contributed by atoms with Crippen LogP contribution in [-0.2, 0) is 0 Å². The van der Waals surface area contributed by atoms with Gasteiger partial charge in [0.15, 0.2) is 11.0 Å². The van der Waals surface area contributed by atoms with Crippen LogP contribution in [0.1, 0.15) is 0 Å². The standard InChI is InChI=1S/C22H18ClN3OS/c23-19-13-7-8-14-20(19)27-15-16-28-22-25-24-21(17-9-3-1-4-10-17)26(22)18-11-5-2-6-12-18/h1-14H,15-16H2. The Morgan fingerprint density at radius 3 is 2.25 bits per heavy atom. The summed E-state index contributed by atoms with van der Waals surface area (Å²) in [6, 6.07) is 27.7. The third kappa shape index (κ3) is 4.21. The van der Waals surface area contributed by atoms with Gasteiger partial charge in [-0.05, 0) is 24.3 Å². The van der Waals surface area contributed by atoms with Gasteiger partial charge in [-0.1, -0.05) is 84.0 Å². The van der Waals surface area contributed by atoms with E-state index in [1.807, 2.05) is 72.8 Å². The molecule has 0 radical (unpaired) electrons. The van der Waals surface area contributed by atoms with Crippen molar-refractivity contribution in [3.63, 3.8) is 0 Å². The first-order valence-corrected chi connectivity index (χ1v) is 10.3. The minimum atomic E-state index is 0.525. The molecule has 6 heteroatoms. The normalized spacial score (nSPS) is 10.8. The monoisotopic (exact) mass is 407 g/mol. The molecule has 3 aromatic carbocycles. The van der Waals surface area contributed by atoms with E-state index in [1.54, 1.807) is 11.8 Å². The molecule has 0 aliphatic carbocycles. The molecule has 0 aliphatic rings. The molecule has 0 N–H and O–H groups in total. The molecule has 0 unspecified atom stereocenters.